The number of aliphatic carboxylic acids is 1. The van der Waals surface area contributed by atoms with Crippen molar-refractivity contribution in [2.75, 3.05) is 0 Å². The van der Waals surface area contributed by atoms with Crippen molar-refractivity contribution in [1.82, 2.24) is 0 Å². The minimum absolute atomic E-state index is 0.381. The van der Waals surface area contributed by atoms with E-state index in [2.05, 4.69) is 11.3 Å². The largest absolute Gasteiger partial charge is 0.481 e. The van der Waals surface area contributed by atoms with E-state index < -0.39 is 36.0 Å². The highest BCUT2D eigenvalue weighted by Crippen LogP contribution is 2.26. The zero-order valence-electron chi connectivity index (χ0n) is 10.6. The Bertz CT molecular complexity index is 411. The molecular weight excluding hydrogens is 252 g/mol. The van der Waals surface area contributed by atoms with Gasteiger partial charge in [0.15, 0.2) is 0 Å². The van der Waals surface area contributed by atoms with Gasteiger partial charge in [-0.1, -0.05) is 18.7 Å². The summed E-state index contributed by atoms with van der Waals surface area (Å²) in [5.74, 6) is -4.13. The lowest BCUT2D eigenvalue weighted by Crippen LogP contribution is -2.34. The Hall–Kier alpha value is -2.11. The molecule has 104 valence electrons. The number of ether oxygens (including phenoxy) is 2. The average Bonchev–Trinajstić information content (AvgIpc) is 2.38. The van der Waals surface area contributed by atoms with Crippen LogP contribution in [0.5, 0.6) is 0 Å². The van der Waals surface area contributed by atoms with Crippen LogP contribution in [-0.4, -0.2) is 29.3 Å². The summed E-state index contributed by atoms with van der Waals surface area (Å²) in [5, 5.41) is 9.03. The van der Waals surface area contributed by atoms with E-state index in [1.165, 1.54) is 13.0 Å². The second-order valence-corrected chi connectivity index (χ2v) is 4.12. The molecule has 3 unspecified atom stereocenters. The Labute approximate surface area is 110 Å². The molecule has 0 aromatic carbocycles. The van der Waals surface area contributed by atoms with E-state index in [1.54, 1.807) is 6.08 Å². The standard InChI is InChI=1S/C13H16O6/c1-3-11(14)18-8(2)19-13(17)10-7-5-4-6-9(10)12(15)16/h3,5,7-10H,1,4,6H2,2H3,(H,15,16). The number of carbonyl (C=O) groups excluding carboxylic acids is 2. The number of hydrogen-bond acceptors (Lipinski definition) is 5. The van der Waals surface area contributed by atoms with Crippen LogP contribution in [0.4, 0.5) is 0 Å². The van der Waals surface area contributed by atoms with E-state index in [0.717, 1.165) is 6.08 Å². The van der Waals surface area contributed by atoms with Crippen LogP contribution in [0, 0.1) is 11.8 Å². The highest BCUT2D eigenvalue weighted by atomic mass is 16.7. The maximum atomic E-state index is 11.8. The summed E-state index contributed by atoms with van der Waals surface area (Å²) in [7, 11) is 0. The second kappa shape index (κ2) is 6.72. The molecule has 0 aromatic heterocycles. The zero-order chi connectivity index (χ0) is 14.4. The molecule has 0 aromatic rings. The summed E-state index contributed by atoms with van der Waals surface area (Å²) in [6.45, 7) is 4.59. The zero-order valence-corrected chi connectivity index (χ0v) is 10.6. The normalized spacial score (nSPS) is 23.2. The summed E-state index contributed by atoms with van der Waals surface area (Å²) < 4.78 is 9.58. The molecule has 0 saturated heterocycles. The Balaban J connectivity index is 2.62. The molecule has 1 N–H and O–H groups in total. The van der Waals surface area contributed by atoms with Crippen molar-refractivity contribution in [3.05, 3.63) is 24.8 Å². The molecule has 0 fully saturated rings. The van der Waals surface area contributed by atoms with Crippen LogP contribution < -0.4 is 0 Å². The first-order valence-corrected chi connectivity index (χ1v) is 5.88. The molecule has 0 heterocycles. The highest BCUT2D eigenvalue weighted by molar-refractivity contribution is 5.83. The molecular formula is C13H16O6. The third kappa shape index (κ3) is 4.24. The van der Waals surface area contributed by atoms with Crippen molar-refractivity contribution in [3.8, 4) is 0 Å². The van der Waals surface area contributed by atoms with Crippen molar-refractivity contribution in [2.24, 2.45) is 11.8 Å². The van der Waals surface area contributed by atoms with E-state index >= 15 is 0 Å². The summed E-state index contributed by atoms with van der Waals surface area (Å²) in [4.78, 5) is 33.8. The van der Waals surface area contributed by atoms with Crippen LogP contribution in [0.15, 0.2) is 24.8 Å². The van der Waals surface area contributed by atoms with Gasteiger partial charge in [0.25, 0.3) is 0 Å². The molecule has 19 heavy (non-hydrogen) atoms. The predicted octanol–water partition coefficient (Wildman–Crippen LogP) is 1.27. The van der Waals surface area contributed by atoms with E-state index in [9.17, 15) is 14.4 Å². The van der Waals surface area contributed by atoms with E-state index in [-0.39, 0.29) is 0 Å². The van der Waals surface area contributed by atoms with Crippen molar-refractivity contribution in [3.63, 3.8) is 0 Å². The van der Waals surface area contributed by atoms with Gasteiger partial charge in [-0.15, -0.1) is 0 Å². The number of allylic oxidation sites excluding steroid dienone is 1. The van der Waals surface area contributed by atoms with Gasteiger partial charge in [0.2, 0.25) is 6.29 Å². The van der Waals surface area contributed by atoms with Crippen LogP contribution in [0.2, 0.25) is 0 Å². The smallest absolute Gasteiger partial charge is 0.333 e. The lowest BCUT2D eigenvalue weighted by atomic mass is 9.84. The molecule has 1 rings (SSSR count). The predicted molar refractivity (Wildman–Crippen MR) is 64.8 cm³/mol. The molecule has 0 radical (unpaired) electrons. The molecule has 3 atom stereocenters. The Morgan fingerprint density at radius 1 is 1.42 bits per heavy atom. The van der Waals surface area contributed by atoms with Crippen LogP contribution in [0.1, 0.15) is 19.8 Å². The third-order valence-corrected chi connectivity index (χ3v) is 2.74. The fourth-order valence-electron chi connectivity index (χ4n) is 1.83. The number of carboxylic acid groups (broad SMARTS) is 1. The van der Waals surface area contributed by atoms with Gasteiger partial charge in [0.1, 0.15) is 0 Å². The number of rotatable bonds is 5. The summed E-state index contributed by atoms with van der Waals surface area (Å²) in [6.07, 6.45) is 4.13. The van der Waals surface area contributed by atoms with Crippen molar-refractivity contribution < 1.29 is 29.0 Å². The fourth-order valence-corrected chi connectivity index (χ4v) is 1.83. The minimum atomic E-state index is -1.08. The maximum absolute atomic E-state index is 11.8. The molecule has 0 bridgehead atoms. The van der Waals surface area contributed by atoms with E-state index in [0.29, 0.717) is 12.8 Å². The lowest BCUT2D eigenvalue weighted by molar-refractivity contribution is -0.185. The topological polar surface area (TPSA) is 89.9 Å². The van der Waals surface area contributed by atoms with Crippen LogP contribution in [0.25, 0.3) is 0 Å². The van der Waals surface area contributed by atoms with Gasteiger partial charge in [0, 0.05) is 13.0 Å². The first-order chi connectivity index (χ1) is 8.95. The van der Waals surface area contributed by atoms with Crippen molar-refractivity contribution in [2.45, 2.75) is 26.1 Å². The molecule has 0 amide bonds. The lowest BCUT2D eigenvalue weighted by Gasteiger charge is -2.24. The van der Waals surface area contributed by atoms with Crippen molar-refractivity contribution >= 4 is 17.9 Å². The van der Waals surface area contributed by atoms with Gasteiger partial charge in [0.05, 0.1) is 11.8 Å². The molecule has 0 saturated carbocycles. The van der Waals surface area contributed by atoms with Crippen molar-refractivity contribution in [1.29, 1.82) is 0 Å². The van der Waals surface area contributed by atoms with Gasteiger partial charge in [-0.05, 0) is 12.8 Å². The first kappa shape index (κ1) is 14.9. The number of carboxylic acids is 1. The van der Waals surface area contributed by atoms with Crippen LogP contribution in [-0.2, 0) is 23.9 Å². The Morgan fingerprint density at radius 2 is 2.11 bits per heavy atom. The average molecular weight is 268 g/mol. The SMILES string of the molecule is C=CC(=O)OC(C)OC(=O)C1C=CCCC1C(=O)O. The van der Waals surface area contributed by atoms with Gasteiger partial charge in [-0.2, -0.15) is 0 Å². The number of carbonyl (C=O) groups is 3. The quantitative estimate of drug-likeness (QED) is 0.349. The number of hydrogen-bond donors (Lipinski definition) is 1. The third-order valence-electron chi connectivity index (χ3n) is 2.74. The second-order valence-electron chi connectivity index (χ2n) is 4.12. The molecule has 0 spiro atoms. The van der Waals surface area contributed by atoms with Gasteiger partial charge >= 0.3 is 17.9 Å². The first-order valence-electron chi connectivity index (χ1n) is 5.88. The Morgan fingerprint density at radius 3 is 2.68 bits per heavy atom. The molecule has 1 aliphatic carbocycles. The van der Waals surface area contributed by atoms with Gasteiger partial charge < -0.3 is 14.6 Å². The monoisotopic (exact) mass is 268 g/mol. The highest BCUT2D eigenvalue weighted by Gasteiger charge is 2.35. The minimum Gasteiger partial charge on any atom is -0.481 e. The fraction of sp³-hybridized carbons (Fsp3) is 0.462. The molecule has 6 heteroatoms. The molecule has 0 aliphatic heterocycles. The van der Waals surface area contributed by atoms with Gasteiger partial charge in [-0.3, -0.25) is 9.59 Å². The van der Waals surface area contributed by atoms with E-state index in [1.807, 2.05) is 0 Å². The Kier molecular flexibility index (Phi) is 5.29. The summed E-state index contributed by atoms with van der Waals surface area (Å²) >= 11 is 0. The van der Waals surface area contributed by atoms with Crippen LogP contribution in [0.3, 0.4) is 0 Å². The van der Waals surface area contributed by atoms with Crippen LogP contribution >= 0.6 is 0 Å². The maximum Gasteiger partial charge on any atom is 0.333 e. The van der Waals surface area contributed by atoms with Gasteiger partial charge in [-0.25, -0.2) is 4.79 Å². The molecule has 1 aliphatic rings. The summed E-state index contributed by atoms with van der Waals surface area (Å²) in [6, 6.07) is 0. The number of esters is 2. The van der Waals surface area contributed by atoms with E-state index in [4.69, 9.17) is 9.84 Å². The molecule has 6 nitrogen and oxygen atoms in total. The summed E-state index contributed by atoms with van der Waals surface area (Å²) in [5.41, 5.74) is 0.